The molecule has 0 heterocycles. The summed E-state index contributed by atoms with van der Waals surface area (Å²) in [5.74, 6) is 0.903. The van der Waals surface area contributed by atoms with Gasteiger partial charge in [0.25, 0.3) is 0 Å². The Kier molecular flexibility index (Phi) is 3.55. The van der Waals surface area contributed by atoms with Crippen LogP contribution in [0.1, 0.15) is 47.0 Å². The molecule has 0 fully saturated rings. The summed E-state index contributed by atoms with van der Waals surface area (Å²) in [6.45, 7) is 8.62. The Balaban J connectivity index is 2.58. The fourth-order valence-electron chi connectivity index (χ4n) is 2.12. The first-order valence-corrected chi connectivity index (χ1v) is 5.35. The van der Waals surface area contributed by atoms with E-state index in [2.05, 4.69) is 27.7 Å². The molecule has 1 aliphatic rings. The van der Waals surface area contributed by atoms with Crippen LogP contribution < -0.4 is 0 Å². The van der Waals surface area contributed by atoms with Crippen molar-refractivity contribution < 1.29 is 5.11 Å². The molecule has 13 heavy (non-hydrogen) atoms. The number of hydrogen-bond acceptors (Lipinski definition) is 1. The van der Waals surface area contributed by atoms with Crippen molar-refractivity contribution in [2.45, 2.75) is 53.1 Å². The van der Waals surface area contributed by atoms with E-state index in [1.165, 1.54) is 24.0 Å². The van der Waals surface area contributed by atoms with E-state index >= 15 is 0 Å². The van der Waals surface area contributed by atoms with E-state index in [4.69, 9.17) is 0 Å². The predicted molar refractivity (Wildman–Crippen MR) is 56.6 cm³/mol. The fraction of sp³-hybridized carbons (Fsp3) is 0.833. The highest BCUT2D eigenvalue weighted by Gasteiger charge is 2.25. The molecule has 0 spiro atoms. The Hall–Kier alpha value is -0.300. The molecule has 0 bridgehead atoms. The molecule has 0 amide bonds. The van der Waals surface area contributed by atoms with Crippen molar-refractivity contribution >= 4 is 0 Å². The quantitative estimate of drug-likeness (QED) is 0.650. The summed E-state index contributed by atoms with van der Waals surface area (Å²) in [6.07, 6.45) is 3.34. The monoisotopic (exact) mass is 182 g/mol. The summed E-state index contributed by atoms with van der Waals surface area (Å²) in [5, 5.41) is 9.93. The van der Waals surface area contributed by atoms with Crippen LogP contribution in [0.15, 0.2) is 11.1 Å². The van der Waals surface area contributed by atoms with Crippen LogP contribution in [-0.4, -0.2) is 11.2 Å². The molecule has 0 saturated carbocycles. The minimum Gasteiger partial charge on any atom is -0.393 e. The maximum absolute atomic E-state index is 9.93. The summed E-state index contributed by atoms with van der Waals surface area (Å²) in [4.78, 5) is 0. The summed E-state index contributed by atoms with van der Waals surface area (Å²) in [6, 6.07) is 0. The third kappa shape index (κ3) is 2.57. The Labute approximate surface area is 81.9 Å². The van der Waals surface area contributed by atoms with Crippen LogP contribution in [0.25, 0.3) is 0 Å². The molecule has 0 aromatic carbocycles. The van der Waals surface area contributed by atoms with Crippen molar-refractivity contribution in [2.24, 2.45) is 11.8 Å². The molecule has 1 aliphatic carbocycles. The highest BCUT2D eigenvalue weighted by Crippen LogP contribution is 2.32. The van der Waals surface area contributed by atoms with Gasteiger partial charge in [0.2, 0.25) is 0 Å². The number of allylic oxidation sites excluding steroid dienone is 2. The minimum atomic E-state index is -0.108. The zero-order valence-electron chi connectivity index (χ0n) is 9.30. The molecule has 0 aromatic rings. The van der Waals surface area contributed by atoms with Gasteiger partial charge >= 0.3 is 0 Å². The van der Waals surface area contributed by atoms with Gasteiger partial charge in [0.15, 0.2) is 0 Å². The third-order valence-electron chi connectivity index (χ3n) is 3.35. The van der Waals surface area contributed by atoms with Crippen LogP contribution in [-0.2, 0) is 0 Å². The van der Waals surface area contributed by atoms with Gasteiger partial charge in [-0.15, -0.1) is 0 Å². The normalized spacial score (nSPS) is 26.8. The first-order chi connectivity index (χ1) is 6.02. The molecule has 2 atom stereocenters. The number of aliphatic hydroxyl groups is 1. The molecular formula is C12H22O. The van der Waals surface area contributed by atoms with Crippen molar-refractivity contribution in [3.8, 4) is 0 Å². The van der Waals surface area contributed by atoms with Gasteiger partial charge in [-0.05, 0) is 44.9 Å². The number of aliphatic hydroxyl groups excluding tert-OH is 1. The SMILES string of the molecule is CC1=C(C)CC(C(O)C(C)C)CC1. The molecular weight excluding hydrogens is 160 g/mol. The highest BCUT2D eigenvalue weighted by molar-refractivity contribution is 5.14. The second kappa shape index (κ2) is 4.28. The van der Waals surface area contributed by atoms with Gasteiger partial charge < -0.3 is 5.11 Å². The van der Waals surface area contributed by atoms with Crippen LogP contribution in [0.2, 0.25) is 0 Å². The Bertz CT molecular complexity index is 203. The van der Waals surface area contributed by atoms with E-state index in [1.807, 2.05) is 0 Å². The Morgan fingerprint density at radius 2 is 1.85 bits per heavy atom. The Morgan fingerprint density at radius 1 is 1.23 bits per heavy atom. The van der Waals surface area contributed by atoms with Gasteiger partial charge in [0.1, 0.15) is 0 Å². The minimum absolute atomic E-state index is 0.108. The standard InChI is InChI=1S/C12H22O/c1-8(2)12(13)11-6-5-9(3)10(4)7-11/h8,11-13H,5-7H2,1-4H3. The van der Waals surface area contributed by atoms with E-state index in [1.54, 1.807) is 0 Å². The third-order valence-corrected chi connectivity index (χ3v) is 3.35. The molecule has 0 radical (unpaired) electrons. The van der Waals surface area contributed by atoms with Crippen LogP contribution in [0, 0.1) is 11.8 Å². The lowest BCUT2D eigenvalue weighted by atomic mass is 9.79. The van der Waals surface area contributed by atoms with Crippen molar-refractivity contribution in [1.29, 1.82) is 0 Å². The summed E-state index contributed by atoms with van der Waals surface area (Å²) < 4.78 is 0. The topological polar surface area (TPSA) is 20.2 Å². The first-order valence-electron chi connectivity index (χ1n) is 5.35. The molecule has 76 valence electrons. The number of rotatable bonds is 2. The van der Waals surface area contributed by atoms with Crippen molar-refractivity contribution in [2.75, 3.05) is 0 Å². The molecule has 1 rings (SSSR count). The average Bonchev–Trinajstić information content (AvgIpc) is 2.08. The fourth-order valence-corrected chi connectivity index (χ4v) is 2.12. The molecule has 1 nitrogen and oxygen atoms in total. The summed E-state index contributed by atoms with van der Waals surface area (Å²) >= 11 is 0. The maximum atomic E-state index is 9.93. The van der Waals surface area contributed by atoms with Crippen LogP contribution >= 0.6 is 0 Å². The first kappa shape index (κ1) is 10.8. The molecule has 2 unspecified atom stereocenters. The molecule has 0 aromatic heterocycles. The maximum Gasteiger partial charge on any atom is 0.0594 e. The molecule has 0 aliphatic heterocycles. The van der Waals surface area contributed by atoms with Gasteiger partial charge in [0.05, 0.1) is 6.10 Å². The lowest BCUT2D eigenvalue weighted by Gasteiger charge is -2.30. The highest BCUT2D eigenvalue weighted by atomic mass is 16.3. The summed E-state index contributed by atoms with van der Waals surface area (Å²) in [7, 11) is 0. The van der Waals surface area contributed by atoms with E-state index in [0.29, 0.717) is 11.8 Å². The van der Waals surface area contributed by atoms with Crippen LogP contribution in [0.5, 0.6) is 0 Å². The zero-order chi connectivity index (χ0) is 10.0. The number of hydrogen-bond donors (Lipinski definition) is 1. The molecule has 1 heteroatoms. The van der Waals surface area contributed by atoms with Crippen molar-refractivity contribution in [1.82, 2.24) is 0 Å². The van der Waals surface area contributed by atoms with E-state index in [-0.39, 0.29) is 6.10 Å². The largest absolute Gasteiger partial charge is 0.393 e. The van der Waals surface area contributed by atoms with Crippen LogP contribution in [0.4, 0.5) is 0 Å². The molecule has 0 saturated heterocycles. The Morgan fingerprint density at radius 3 is 2.31 bits per heavy atom. The van der Waals surface area contributed by atoms with E-state index in [9.17, 15) is 5.11 Å². The second-order valence-electron chi connectivity index (χ2n) is 4.80. The average molecular weight is 182 g/mol. The van der Waals surface area contributed by atoms with Gasteiger partial charge in [0, 0.05) is 0 Å². The molecule has 1 N–H and O–H groups in total. The zero-order valence-corrected chi connectivity index (χ0v) is 9.30. The van der Waals surface area contributed by atoms with Gasteiger partial charge in [-0.2, -0.15) is 0 Å². The lowest BCUT2D eigenvalue weighted by molar-refractivity contribution is 0.0578. The van der Waals surface area contributed by atoms with Crippen molar-refractivity contribution in [3.63, 3.8) is 0 Å². The van der Waals surface area contributed by atoms with Crippen molar-refractivity contribution in [3.05, 3.63) is 11.1 Å². The smallest absolute Gasteiger partial charge is 0.0594 e. The van der Waals surface area contributed by atoms with Crippen LogP contribution in [0.3, 0.4) is 0 Å². The van der Waals surface area contributed by atoms with E-state index in [0.717, 1.165) is 6.42 Å². The predicted octanol–water partition coefficient (Wildman–Crippen LogP) is 3.14. The van der Waals surface area contributed by atoms with Gasteiger partial charge in [-0.25, -0.2) is 0 Å². The summed E-state index contributed by atoms with van der Waals surface area (Å²) in [5.41, 5.74) is 3.03. The second-order valence-corrected chi connectivity index (χ2v) is 4.80. The van der Waals surface area contributed by atoms with Gasteiger partial charge in [-0.1, -0.05) is 25.0 Å². The lowest BCUT2D eigenvalue weighted by Crippen LogP contribution is -2.28. The van der Waals surface area contributed by atoms with E-state index < -0.39 is 0 Å². The van der Waals surface area contributed by atoms with Gasteiger partial charge in [-0.3, -0.25) is 0 Å².